The molecule has 20 heavy (non-hydrogen) atoms. The van der Waals surface area contributed by atoms with Crippen molar-refractivity contribution in [2.75, 3.05) is 0 Å². The predicted octanol–water partition coefficient (Wildman–Crippen LogP) is 3.69. The Balaban J connectivity index is 2.28. The van der Waals surface area contributed by atoms with E-state index in [0.717, 1.165) is 12.2 Å². The van der Waals surface area contributed by atoms with Crippen LogP contribution in [0, 0.1) is 20.8 Å². The largest absolute Gasteiger partial charge is 0.308 e. The third kappa shape index (κ3) is 3.48. The highest BCUT2D eigenvalue weighted by Gasteiger charge is 2.13. The Bertz CT molecular complexity index is 583. The molecular formula is C17H25N3. The monoisotopic (exact) mass is 271 g/mol. The van der Waals surface area contributed by atoms with Crippen LogP contribution in [0.3, 0.4) is 0 Å². The fourth-order valence-electron chi connectivity index (χ4n) is 2.31. The second-order valence-electron chi connectivity index (χ2n) is 6.62. The number of hydrogen-bond donors (Lipinski definition) is 1. The van der Waals surface area contributed by atoms with Crippen LogP contribution in [0.15, 0.2) is 24.4 Å². The van der Waals surface area contributed by atoms with Crippen LogP contribution in [0.4, 0.5) is 0 Å². The molecule has 0 amide bonds. The highest BCUT2D eigenvalue weighted by atomic mass is 15.3. The first-order valence-electron chi connectivity index (χ1n) is 7.13. The molecule has 3 heteroatoms. The highest BCUT2D eigenvalue weighted by Crippen LogP contribution is 2.17. The van der Waals surface area contributed by atoms with E-state index < -0.39 is 0 Å². The van der Waals surface area contributed by atoms with Crippen LogP contribution in [0.2, 0.25) is 0 Å². The number of benzene rings is 1. The van der Waals surface area contributed by atoms with Crippen molar-refractivity contribution in [2.24, 2.45) is 0 Å². The van der Waals surface area contributed by atoms with E-state index in [1.165, 1.54) is 22.4 Å². The third-order valence-corrected chi connectivity index (χ3v) is 3.37. The van der Waals surface area contributed by atoms with Crippen LogP contribution >= 0.6 is 0 Å². The van der Waals surface area contributed by atoms with Gasteiger partial charge in [0.15, 0.2) is 0 Å². The molecule has 0 atom stereocenters. The van der Waals surface area contributed by atoms with Gasteiger partial charge in [0.05, 0.1) is 11.9 Å². The average Bonchev–Trinajstić information content (AvgIpc) is 2.66. The van der Waals surface area contributed by atoms with Crippen LogP contribution in [-0.4, -0.2) is 15.3 Å². The van der Waals surface area contributed by atoms with Crippen molar-refractivity contribution in [2.45, 2.75) is 53.6 Å². The maximum atomic E-state index is 4.55. The molecule has 3 nitrogen and oxygen atoms in total. The maximum Gasteiger partial charge on any atom is 0.0654 e. The van der Waals surface area contributed by atoms with E-state index in [1.807, 2.05) is 10.9 Å². The summed E-state index contributed by atoms with van der Waals surface area (Å²) < 4.78 is 2.03. The zero-order chi connectivity index (χ0) is 14.9. The summed E-state index contributed by atoms with van der Waals surface area (Å²) in [5, 5.41) is 8.06. The average molecular weight is 271 g/mol. The Morgan fingerprint density at radius 2 is 1.65 bits per heavy atom. The molecule has 0 aliphatic heterocycles. The Kier molecular flexibility index (Phi) is 4.00. The van der Waals surface area contributed by atoms with E-state index in [4.69, 9.17) is 0 Å². The minimum Gasteiger partial charge on any atom is -0.308 e. The molecule has 0 spiro atoms. The maximum absolute atomic E-state index is 4.55. The quantitative estimate of drug-likeness (QED) is 0.922. The van der Waals surface area contributed by atoms with Crippen molar-refractivity contribution in [1.29, 1.82) is 0 Å². The summed E-state index contributed by atoms with van der Waals surface area (Å²) in [4.78, 5) is 0. The summed E-state index contributed by atoms with van der Waals surface area (Å²) in [6.45, 7) is 13.8. The van der Waals surface area contributed by atoms with Gasteiger partial charge in [-0.25, -0.2) is 4.68 Å². The molecule has 1 aromatic heterocycles. The first-order chi connectivity index (χ1) is 9.26. The van der Waals surface area contributed by atoms with Gasteiger partial charge in [0, 0.05) is 23.3 Å². The minimum absolute atomic E-state index is 0.120. The van der Waals surface area contributed by atoms with Gasteiger partial charge in [-0.05, 0) is 64.8 Å². The molecule has 0 saturated heterocycles. The third-order valence-electron chi connectivity index (χ3n) is 3.37. The zero-order valence-electron chi connectivity index (χ0n) is 13.4. The molecule has 2 rings (SSSR count). The lowest BCUT2D eigenvalue weighted by molar-refractivity contribution is 0.424. The van der Waals surface area contributed by atoms with Gasteiger partial charge in [-0.2, -0.15) is 5.10 Å². The van der Waals surface area contributed by atoms with E-state index in [-0.39, 0.29) is 5.54 Å². The van der Waals surface area contributed by atoms with E-state index in [1.54, 1.807) is 0 Å². The molecule has 0 fully saturated rings. The molecule has 1 aromatic carbocycles. The first-order valence-corrected chi connectivity index (χ1v) is 7.13. The van der Waals surface area contributed by atoms with Crippen molar-refractivity contribution in [3.05, 3.63) is 46.8 Å². The highest BCUT2D eigenvalue weighted by molar-refractivity contribution is 5.40. The fourth-order valence-corrected chi connectivity index (χ4v) is 2.31. The van der Waals surface area contributed by atoms with Crippen molar-refractivity contribution < 1.29 is 0 Å². The number of rotatable bonds is 3. The molecular weight excluding hydrogens is 246 g/mol. The topological polar surface area (TPSA) is 29.9 Å². The Morgan fingerprint density at radius 1 is 1.05 bits per heavy atom. The van der Waals surface area contributed by atoms with Gasteiger partial charge in [-0.1, -0.05) is 6.07 Å². The molecule has 0 bridgehead atoms. The summed E-state index contributed by atoms with van der Waals surface area (Å²) in [6.07, 6.45) is 1.96. The Labute approximate surface area is 122 Å². The van der Waals surface area contributed by atoms with E-state index in [2.05, 4.69) is 70.2 Å². The van der Waals surface area contributed by atoms with Gasteiger partial charge in [-0.15, -0.1) is 0 Å². The number of aromatic nitrogens is 2. The second kappa shape index (κ2) is 5.41. The smallest absolute Gasteiger partial charge is 0.0654 e. The summed E-state index contributed by atoms with van der Waals surface area (Å²) >= 11 is 0. The van der Waals surface area contributed by atoms with Crippen LogP contribution in [0.1, 0.15) is 43.2 Å². The van der Waals surface area contributed by atoms with Crippen LogP contribution in [0.5, 0.6) is 0 Å². The van der Waals surface area contributed by atoms with E-state index >= 15 is 0 Å². The van der Waals surface area contributed by atoms with Crippen molar-refractivity contribution in [1.82, 2.24) is 15.1 Å². The molecule has 0 aliphatic rings. The second-order valence-corrected chi connectivity index (χ2v) is 6.62. The van der Waals surface area contributed by atoms with Gasteiger partial charge in [0.25, 0.3) is 0 Å². The lowest BCUT2D eigenvalue weighted by Gasteiger charge is -2.20. The number of nitrogens with one attached hydrogen (secondary N) is 1. The van der Waals surface area contributed by atoms with Gasteiger partial charge in [0.2, 0.25) is 0 Å². The molecule has 2 aromatic rings. The van der Waals surface area contributed by atoms with Gasteiger partial charge in [0.1, 0.15) is 0 Å². The minimum atomic E-state index is 0.120. The van der Waals surface area contributed by atoms with Crippen LogP contribution in [0.25, 0.3) is 5.69 Å². The number of nitrogens with zero attached hydrogens (tertiary/aromatic N) is 2. The van der Waals surface area contributed by atoms with Crippen LogP contribution in [-0.2, 0) is 6.54 Å². The summed E-state index contributed by atoms with van der Waals surface area (Å²) in [6, 6.07) is 6.53. The predicted molar refractivity (Wildman–Crippen MR) is 84.4 cm³/mol. The number of aryl methyl sites for hydroxylation is 2. The molecule has 108 valence electrons. The Hall–Kier alpha value is -1.61. The van der Waals surface area contributed by atoms with E-state index in [9.17, 15) is 0 Å². The number of hydrogen-bond acceptors (Lipinski definition) is 2. The fraction of sp³-hybridized carbons (Fsp3) is 0.471. The lowest BCUT2D eigenvalue weighted by atomic mass is 10.1. The molecule has 0 unspecified atom stereocenters. The Morgan fingerprint density at radius 3 is 2.20 bits per heavy atom. The van der Waals surface area contributed by atoms with Crippen molar-refractivity contribution in [3.8, 4) is 5.69 Å². The molecule has 1 N–H and O–H groups in total. The van der Waals surface area contributed by atoms with Crippen molar-refractivity contribution >= 4 is 0 Å². The molecule has 0 aliphatic carbocycles. The van der Waals surface area contributed by atoms with Gasteiger partial charge in [-0.3, -0.25) is 0 Å². The molecule has 0 radical (unpaired) electrons. The molecule has 0 saturated carbocycles. The SMILES string of the molecule is Cc1cc(C)cc(-n2ncc(CNC(C)(C)C)c2C)c1. The standard InChI is InChI=1S/C17H25N3/c1-12-7-13(2)9-16(8-12)20-14(3)15(11-19-20)10-18-17(4,5)6/h7-9,11,18H,10H2,1-6H3. The van der Waals surface area contributed by atoms with Crippen LogP contribution < -0.4 is 5.32 Å². The van der Waals surface area contributed by atoms with Gasteiger partial charge >= 0.3 is 0 Å². The van der Waals surface area contributed by atoms with E-state index in [0.29, 0.717) is 0 Å². The summed E-state index contributed by atoms with van der Waals surface area (Å²) in [7, 11) is 0. The first kappa shape index (κ1) is 14.8. The lowest BCUT2D eigenvalue weighted by Crippen LogP contribution is -2.35. The van der Waals surface area contributed by atoms with Gasteiger partial charge < -0.3 is 5.32 Å². The molecule has 1 heterocycles. The van der Waals surface area contributed by atoms with Crippen molar-refractivity contribution in [3.63, 3.8) is 0 Å². The summed E-state index contributed by atoms with van der Waals surface area (Å²) in [5.74, 6) is 0. The zero-order valence-corrected chi connectivity index (χ0v) is 13.4. The summed E-state index contributed by atoms with van der Waals surface area (Å²) in [5.41, 5.74) is 6.25. The normalized spacial score (nSPS) is 11.9.